The van der Waals surface area contributed by atoms with E-state index in [9.17, 15) is 0 Å². The lowest BCUT2D eigenvalue weighted by Crippen LogP contribution is -2.01. The van der Waals surface area contributed by atoms with Gasteiger partial charge in [0, 0.05) is 29.1 Å². The molecule has 2 N–H and O–H groups in total. The quantitative estimate of drug-likeness (QED) is 0.720. The number of nitrogens with two attached hydrogens (primary N) is 1. The van der Waals surface area contributed by atoms with E-state index in [0.29, 0.717) is 17.3 Å². The second-order valence-corrected chi connectivity index (χ2v) is 4.62. The molecule has 2 aromatic heterocycles. The summed E-state index contributed by atoms with van der Waals surface area (Å²) in [5, 5.41) is 8.42. The minimum Gasteiger partial charge on any atom is -0.497 e. The Hall–Kier alpha value is -2.63. The van der Waals surface area contributed by atoms with E-state index in [2.05, 4.69) is 15.2 Å². The van der Waals surface area contributed by atoms with Crippen LogP contribution < -0.4 is 10.5 Å². The number of benzene rings is 1. The summed E-state index contributed by atoms with van der Waals surface area (Å²) in [6, 6.07) is 7.39. The van der Waals surface area contributed by atoms with Crippen LogP contribution in [0.25, 0.3) is 17.0 Å². The van der Waals surface area contributed by atoms with Crippen LogP contribution in [0.2, 0.25) is 0 Å². The van der Waals surface area contributed by atoms with Gasteiger partial charge in [0.1, 0.15) is 11.6 Å². The number of aromatic nitrogens is 4. The van der Waals surface area contributed by atoms with Crippen molar-refractivity contribution in [2.75, 3.05) is 12.8 Å². The Labute approximate surface area is 116 Å². The topological polar surface area (TPSA) is 78.3 Å². The highest BCUT2D eigenvalue weighted by Crippen LogP contribution is 2.28. The van der Waals surface area contributed by atoms with Crippen LogP contribution >= 0.6 is 0 Å². The molecule has 0 bridgehead atoms. The van der Waals surface area contributed by atoms with Gasteiger partial charge in [0.25, 0.3) is 0 Å². The van der Waals surface area contributed by atoms with Crippen molar-refractivity contribution >= 4 is 11.3 Å². The molecule has 0 atom stereocenters. The minimum absolute atomic E-state index is 0.596. The fourth-order valence-electron chi connectivity index (χ4n) is 2.28. The lowest BCUT2D eigenvalue weighted by atomic mass is 10.1. The highest BCUT2D eigenvalue weighted by Gasteiger charge is 2.14. The second kappa shape index (κ2) is 4.48. The first kappa shape index (κ1) is 12.4. The van der Waals surface area contributed by atoms with E-state index >= 15 is 0 Å². The lowest BCUT2D eigenvalue weighted by molar-refractivity contribution is 0.415. The van der Waals surface area contributed by atoms with Crippen LogP contribution in [0.1, 0.15) is 11.5 Å². The van der Waals surface area contributed by atoms with Crippen molar-refractivity contribution in [3.05, 3.63) is 35.8 Å². The third kappa shape index (κ3) is 1.85. The highest BCUT2D eigenvalue weighted by molar-refractivity contribution is 5.74. The van der Waals surface area contributed by atoms with Crippen LogP contribution in [0.5, 0.6) is 5.75 Å². The molecule has 2 heterocycles. The summed E-state index contributed by atoms with van der Waals surface area (Å²) in [6.07, 6.45) is 0. The van der Waals surface area contributed by atoms with Crippen molar-refractivity contribution in [1.29, 1.82) is 0 Å². The fraction of sp³-hybridized carbons (Fsp3) is 0.214. The van der Waals surface area contributed by atoms with Crippen LogP contribution in [0, 0.1) is 13.8 Å². The molecule has 0 saturated carbocycles. The number of methoxy groups -OCH3 is 1. The monoisotopic (exact) mass is 269 g/mol. The van der Waals surface area contributed by atoms with E-state index in [1.54, 1.807) is 13.2 Å². The Morgan fingerprint density at radius 3 is 2.65 bits per heavy atom. The molecule has 6 heteroatoms. The number of hydrogen-bond acceptors (Lipinski definition) is 5. The van der Waals surface area contributed by atoms with E-state index in [0.717, 1.165) is 22.7 Å². The number of nitrogens with zero attached hydrogens (tertiary/aromatic N) is 4. The number of nitrogen functional groups attached to an aromatic ring is 1. The Morgan fingerprint density at radius 2 is 1.95 bits per heavy atom. The van der Waals surface area contributed by atoms with E-state index in [1.165, 1.54) is 0 Å². The number of fused-ring (bicyclic) bond motifs is 1. The van der Waals surface area contributed by atoms with Crippen LogP contribution in [0.4, 0.5) is 5.69 Å². The maximum Gasteiger partial charge on any atom is 0.171 e. The number of anilines is 1. The molecule has 0 fully saturated rings. The molecule has 0 unspecified atom stereocenters. The number of aryl methyl sites for hydroxylation is 2. The van der Waals surface area contributed by atoms with Crippen LogP contribution in [-0.4, -0.2) is 26.7 Å². The molecule has 0 radical (unpaired) electrons. The molecule has 3 aromatic rings. The zero-order valence-electron chi connectivity index (χ0n) is 11.6. The normalized spacial score (nSPS) is 10.9. The van der Waals surface area contributed by atoms with Crippen LogP contribution in [0.15, 0.2) is 24.3 Å². The molecule has 1 aromatic carbocycles. The van der Waals surface area contributed by atoms with Gasteiger partial charge in [-0.05, 0) is 26.0 Å². The molecular weight excluding hydrogens is 254 g/mol. The second-order valence-electron chi connectivity index (χ2n) is 4.62. The number of rotatable bonds is 2. The van der Waals surface area contributed by atoms with Gasteiger partial charge in [0.15, 0.2) is 11.5 Å². The van der Waals surface area contributed by atoms with Crippen molar-refractivity contribution in [3.8, 4) is 17.1 Å². The molecular formula is C14H15N5O. The summed E-state index contributed by atoms with van der Waals surface area (Å²) in [6.45, 7) is 3.86. The first-order chi connectivity index (χ1) is 9.60. The zero-order chi connectivity index (χ0) is 14.3. The fourth-order valence-corrected chi connectivity index (χ4v) is 2.28. The van der Waals surface area contributed by atoms with Gasteiger partial charge < -0.3 is 10.5 Å². The minimum atomic E-state index is 0.596. The van der Waals surface area contributed by atoms with E-state index in [1.807, 2.05) is 36.4 Å². The first-order valence-corrected chi connectivity index (χ1v) is 6.23. The van der Waals surface area contributed by atoms with Crippen molar-refractivity contribution in [1.82, 2.24) is 19.6 Å². The average Bonchev–Trinajstić information content (AvgIpc) is 2.82. The Bertz CT molecular complexity index is 794. The Morgan fingerprint density at radius 1 is 1.15 bits per heavy atom. The Kier molecular flexibility index (Phi) is 2.78. The van der Waals surface area contributed by atoms with Gasteiger partial charge in [0.2, 0.25) is 0 Å². The molecule has 0 amide bonds. The molecule has 0 aliphatic carbocycles. The van der Waals surface area contributed by atoms with Gasteiger partial charge in [0.05, 0.1) is 7.11 Å². The summed E-state index contributed by atoms with van der Waals surface area (Å²) in [4.78, 5) is 4.44. The maximum atomic E-state index is 6.08. The Balaban J connectivity index is 2.25. The molecule has 0 aliphatic heterocycles. The molecule has 6 nitrogen and oxygen atoms in total. The lowest BCUT2D eigenvalue weighted by Gasteiger charge is -2.08. The summed E-state index contributed by atoms with van der Waals surface area (Å²) in [5.74, 6) is 2.23. The summed E-state index contributed by atoms with van der Waals surface area (Å²) in [5.41, 5.74) is 9.16. The van der Waals surface area contributed by atoms with E-state index in [4.69, 9.17) is 10.5 Å². The predicted molar refractivity (Wildman–Crippen MR) is 76.7 cm³/mol. The summed E-state index contributed by atoms with van der Waals surface area (Å²) >= 11 is 0. The molecule has 20 heavy (non-hydrogen) atoms. The van der Waals surface area contributed by atoms with Gasteiger partial charge in [-0.3, -0.25) is 4.40 Å². The number of ether oxygens (including phenoxy) is 1. The molecule has 0 saturated heterocycles. The average molecular weight is 269 g/mol. The molecule has 0 aliphatic rings. The first-order valence-electron chi connectivity index (χ1n) is 6.23. The third-order valence-electron chi connectivity index (χ3n) is 3.19. The maximum absolute atomic E-state index is 6.08. The van der Waals surface area contributed by atoms with E-state index < -0.39 is 0 Å². The van der Waals surface area contributed by atoms with E-state index in [-0.39, 0.29) is 0 Å². The van der Waals surface area contributed by atoms with Crippen molar-refractivity contribution in [2.45, 2.75) is 13.8 Å². The largest absolute Gasteiger partial charge is 0.497 e. The van der Waals surface area contributed by atoms with Gasteiger partial charge >= 0.3 is 0 Å². The van der Waals surface area contributed by atoms with Crippen molar-refractivity contribution in [3.63, 3.8) is 0 Å². The van der Waals surface area contributed by atoms with Gasteiger partial charge in [-0.15, -0.1) is 10.2 Å². The standard InChI is InChI=1S/C14H15N5O/c1-8-6-13-17-18-14(19(13)9(2)16-8)11-5-4-10(20-3)7-12(11)15/h4-7H,15H2,1-3H3. The highest BCUT2D eigenvalue weighted by atomic mass is 16.5. The molecule has 102 valence electrons. The number of hydrogen-bond donors (Lipinski definition) is 1. The van der Waals surface area contributed by atoms with Crippen molar-refractivity contribution < 1.29 is 4.74 Å². The van der Waals surface area contributed by atoms with Gasteiger partial charge in [-0.2, -0.15) is 0 Å². The zero-order valence-corrected chi connectivity index (χ0v) is 11.6. The molecule has 3 rings (SSSR count). The van der Waals surface area contributed by atoms with Crippen LogP contribution in [0.3, 0.4) is 0 Å². The summed E-state index contributed by atoms with van der Waals surface area (Å²) in [7, 11) is 1.61. The van der Waals surface area contributed by atoms with Gasteiger partial charge in [-0.1, -0.05) is 0 Å². The third-order valence-corrected chi connectivity index (χ3v) is 3.19. The smallest absolute Gasteiger partial charge is 0.171 e. The SMILES string of the molecule is COc1ccc(-c2nnc3cc(C)nc(C)n23)c(N)c1. The summed E-state index contributed by atoms with van der Waals surface area (Å²) < 4.78 is 7.05. The van der Waals surface area contributed by atoms with Gasteiger partial charge in [-0.25, -0.2) is 4.98 Å². The predicted octanol–water partition coefficient (Wildman–Crippen LogP) is 2.00. The van der Waals surface area contributed by atoms with Crippen molar-refractivity contribution in [2.24, 2.45) is 0 Å². The van der Waals surface area contributed by atoms with Crippen LogP contribution in [-0.2, 0) is 0 Å². The molecule has 0 spiro atoms.